The second kappa shape index (κ2) is 8.98. The highest BCUT2D eigenvalue weighted by Gasteiger charge is 2.31. The summed E-state index contributed by atoms with van der Waals surface area (Å²) in [5.41, 5.74) is 5.35. The smallest absolute Gasteiger partial charge is 0.224 e. The van der Waals surface area contributed by atoms with E-state index in [0.717, 1.165) is 40.8 Å². The Labute approximate surface area is 192 Å². The lowest BCUT2D eigenvalue weighted by Gasteiger charge is -2.20. The van der Waals surface area contributed by atoms with Crippen LogP contribution in [0.4, 0.5) is 16.0 Å². The van der Waals surface area contributed by atoms with E-state index in [-0.39, 0.29) is 22.8 Å². The van der Waals surface area contributed by atoms with Gasteiger partial charge in [-0.3, -0.25) is 4.79 Å². The van der Waals surface area contributed by atoms with E-state index >= 15 is 4.39 Å². The topological polar surface area (TPSA) is 83.6 Å². The average Bonchev–Trinajstić information content (AvgIpc) is 3.13. The number of anilines is 2. The van der Waals surface area contributed by atoms with Crippen molar-refractivity contribution in [2.75, 3.05) is 5.32 Å². The van der Waals surface area contributed by atoms with Crippen molar-refractivity contribution in [3.05, 3.63) is 51.4 Å². The molecule has 1 aliphatic carbocycles. The van der Waals surface area contributed by atoms with E-state index < -0.39 is 5.82 Å². The number of nitrogens with one attached hydrogen (secondary N) is 2. The lowest BCUT2D eigenvalue weighted by Crippen LogP contribution is -2.14. The summed E-state index contributed by atoms with van der Waals surface area (Å²) >= 11 is 5.95. The molecule has 0 atom stereocenters. The molecule has 3 heterocycles. The Kier molecular flexibility index (Phi) is 6.29. The number of halogens is 2. The van der Waals surface area contributed by atoms with Crippen molar-refractivity contribution in [2.24, 2.45) is 5.92 Å². The summed E-state index contributed by atoms with van der Waals surface area (Å²) in [4.78, 5) is 28.9. The first-order chi connectivity index (χ1) is 15.3. The Hall–Kier alpha value is -2.80. The fourth-order valence-corrected chi connectivity index (χ4v) is 4.41. The van der Waals surface area contributed by atoms with Gasteiger partial charge in [0.05, 0.1) is 5.69 Å². The molecule has 0 aromatic carbocycles. The van der Waals surface area contributed by atoms with Gasteiger partial charge in [0.15, 0.2) is 17.4 Å². The number of Topliss-reactive ketones (excluding diaryl/α,β-unsaturated/α-hetero) is 1. The highest BCUT2D eigenvalue weighted by Crippen LogP contribution is 2.40. The molecule has 0 bridgehead atoms. The zero-order valence-electron chi connectivity index (χ0n) is 18.8. The van der Waals surface area contributed by atoms with Gasteiger partial charge in [0.25, 0.3) is 0 Å². The van der Waals surface area contributed by atoms with E-state index in [1.54, 1.807) is 12.4 Å². The van der Waals surface area contributed by atoms with Gasteiger partial charge in [0.2, 0.25) is 5.28 Å². The number of aromatic amines is 1. The van der Waals surface area contributed by atoms with Crippen molar-refractivity contribution >= 4 is 29.0 Å². The van der Waals surface area contributed by atoms with Gasteiger partial charge in [-0.2, -0.15) is 0 Å². The van der Waals surface area contributed by atoms with Crippen LogP contribution in [-0.2, 0) is 25.7 Å². The van der Waals surface area contributed by atoms with E-state index in [2.05, 4.69) is 32.2 Å². The number of aromatic nitrogens is 4. The van der Waals surface area contributed by atoms with Gasteiger partial charge in [-0.05, 0) is 48.4 Å². The van der Waals surface area contributed by atoms with Crippen molar-refractivity contribution in [1.82, 2.24) is 19.9 Å². The maximum Gasteiger partial charge on any atom is 0.224 e. The fourth-order valence-electron chi connectivity index (χ4n) is 4.28. The van der Waals surface area contributed by atoms with Crippen LogP contribution < -0.4 is 5.32 Å². The van der Waals surface area contributed by atoms with Crippen LogP contribution in [0.25, 0.3) is 11.3 Å². The van der Waals surface area contributed by atoms with E-state index in [4.69, 9.17) is 11.6 Å². The molecule has 2 N–H and O–H groups in total. The van der Waals surface area contributed by atoms with Crippen LogP contribution in [0.2, 0.25) is 5.28 Å². The van der Waals surface area contributed by atoms with Gasteiger partial charge >= 0.3 is 0 Å². The third-order valence-electron chi connectivity index (χ3n) is 5.90. The predicted octanol–water partition coefficient (Wildman–Crippen LogP) is 5.86. The number of H-pyrrole nitrogens is 1. The molecule has 1 aliphatic rings. The van der Waals surface area contributed by atoms with Gasteiger partial charge in [0, 0.05) is 40.7 Å². The van der Waals surface area contributed by atoms with Crippen LogP contribution in [0.5, 0.6) is 0 Å². The minimum Gasteiger partial charge on any atom is -0.357 e. The predicted molar refractivity (Wildman–Crippen MR) is 124 cm³/mol. The Morgan fingerprint density at radius 3 is 2.69 bits per heavy atom. The number of hydrogen-bond donors (Lipinski definition) is 2. The van der Waals surface area contributed by atoms with Crippen LogP contribution in [0.3, 0.4) is 0 Å². The number of nitrogens with zero attached hydrogens (tertiary/aromatic N) is 3. The summed E-state index contributed by atoms with van der Waals surface area (Å²) in [6, 6.07) is 0. The number of pyridine rings is 1. The van der Waals surface area contributed by atoms with Gasteiger partial charge in [-0.15, -0.1) is 0 Å². The van der Waals surface area contributed by atoms with Crippen molar-refractivity contribution in [1.29, 1.82) is 0 Å². The molecule has 0 radical (unpaired) electrons. The molecule has 0 saturated carbocycles. The van der Waals surface area contributed by atoms with Crippen LogP contribution in [0, 0.1) is 11.7 Å². The molecular weight excluding hydrogens is 429 g/mol. The molecule has 0 aliphatic heterocycles. The zero-order chi connectivity index (χ0) is 23.0. The minimum atomic E-state index is -0.465. The zero-order valence-corrected chi connectivity index (χ0v) is 19.5. The van der Waals surface area contributed by atoms with Crippen LogP contribution in [0.15, 0.2) is 12.4 Å². The van der Waals surface area contributed by atoms with Gasteiger partial charge < -0.3 is 10.3 Å². The average molecular weight is 456 g/mol. The third kappa shape index (κ3) is 3.90. The second-order valence-corrected chi connectivity index (χ2v) is 8.75. The number of hydrogen-bond acceptors (Lipinski definition) is 5. The third-order valence-corrected chi connectivity index (χ3v) is 6.08. The number of fused-ring (bicyclic) bond motifs is 3. The first-order valence-corrected chi connectivity index (χ1v) is 11.5. The molecule has 3 aromatic rings. The maximum atomic E-state index is 15.8. The molecule has 32 heavy (non-hydrogen) atoms. The summed E-state index contributed by atoms with van der Waals surface area (Å²) in [5.74, 6) is 0.0214. The molecule has 3 aromatic heterocycles. The van der Waals surface area contributed by atoms with Crippen molar-refractivity contribution in [2.45, 2.75) is 59.8 Å². The van der Waals surface area contributed by atoms with E-state index in [1.165, 1.54) is 0 Å². The molecule has 0 amide bonds. The molecule has 0 spiro atoms. The van der Waals surface area contributed by atoms with Gasteiger partial charge in [-0.25, -0.2) is 19.3 Å². The molecule has 168 valence electrons. The van der Waals surface area contributed by atoms with Crippen molar-refractivity contribution < 1.29 is 9.18 Å². The first kappa shape index (κ1) is 22.4. The lowest BCUT2D eigenvalue weighted by molar-refractivity contribution is 0.0937. The summed E-state index contributed by atoms with van der Waals surface area (Å²) < 4.78 is 15.8. The Morgan fingerprint density at radius 1 is 1.22 bits per heavy atom. The monoisotopic (exact) mass is 455 g/mol. The van der Waals surface area contributed by atoms with Crippen LogP contribution in [0.1, 0.15) is 66.9 Å². The van der Waals surface area contributed by atoms with E-state index in [9.17, 15) is 4.79 Å². The highest BCUT2D eigenvalue weighted by molar-refractivity contribution is 6.28. The van der Waals surface area contributed by atoms with E-state index in [0.29, 0.717) is 36.3 Å². The Bertz CT molecular complexity index is 1190. The second-order valence-electron chi connectivity index (χ2n) is 8.41. The summed E-state index contributed by atoms with van der Waals surface area (Å²) in [6.07, 6.45) is 6.94. The van der Waals surface area contributed by atoms with Crippen LogP contribution in [-0.4, -0.2) is 25.7 Å². The lowest BCUT2D eigenvalue weighted by atomic mass is 9.86. The maximum absolute atomic E-state index is 15.8. The highest BCUT2D eigenvalue weighted by atomic mass is 35.5. The number of ketones is 1. The number of carbonyl (C=O) groups excluding carboxylic acids is 1. The molecule has 0 saturated heterocycles. The minimum absolute atomic E-state index is 0.0736. The SMILES string of the molecule is CCCc1[nH]c2c(c1C(=O)C(C)C)CCc1cnc(Nc3nc(Cl)ncc3CC)c(F)c1-2. The standard InChI is InChI=1S/C24H27ClFN5O/c1-5-7-16-18(21(32)12(3)4)15-9-8-14-11-27-23(19(26)17(14)20(15)29-16)30-22-13(6-2)10-28-24(25)31-22/h10-12,29H,5-9H2,1-4H3,(H,27,28,30,31). The molecule has 8 heteroatoms. The quantitative estimate of drug-likeness (QED) is 0.344. The first-order valence-electron chi connectivity index (χ1n) is 11.1. The number of carbonyl (C=O) groups is 1. The van der Waals surface area contributed by atoms with Gasteiger partial charge in [0.1, 0.15) is 5.82 Å². The largest absolute Gasteiger partial charge is 0.357 e. The van der Waals surface area contributed by atoms with Crippen molar-refractivity contribution in [3.8, 4) is 11.3 Å². The van der Waals surface area contributed by atoms with Crippen LogP contribution >= 0.6 is 11.6 Å². The Morgan fingerprint density at radius 2 is 2.00 bits per heavy atom. The van der Waals surface area contributed by atoms with Gasteiger partial charge in [-0.1, -0.05) is 34.1 Å². The summed E-state index contributed by atoms with van der Waals surface area (Å²) in [7, 11) is 0. The molecule has 6 nitrogen and oxygen atoms in total. The normalized spacial score (nSPS) is 12.6. The molecular formula is C24H27ClFN5O. The van der Waals surface area contributed by atoms with Crippen molar-refractivity contribution in [3.63, 3.8) is 0 Å². The fraction of sp³-hybridized carbons (Fsp3) is 0.417. The summed E-state index contributed by atoms with van der Waals surface area (Å²) in [6.45, 7) is 7.84. The molecule has 4 rings (SSSR count). The molecule has 0 fully saturated rings. The number of rotatable bonds is 7. The summed E-state index contributed by atoms with van der Waals surface area (Å²) in [5, 5.41) is 3.08. The Balaban J connectivity index is 1.84. The molecule has 0 unspecified atom stereocenters. The van der Waals surface area contributed by atoms with E-state index in [1.807, 2.05) is 20.8 Å². The number of aryl methyl sites for hydroxylation is 3.